The zero-order valence-electron chi connectivity index (χ0n) is 7.50. The lowest BCUT2D eigenvalue weighted by Gasteiger charge is -2.25. The first kappa shape index (κ1) is 8.87. The first-order chi connectivity index (χ1) is 5.41. The summed E-state index contributed by atoms with van der Waals surface area (Å²) in [5.74, 6) is -0.195. The van der Waals surface area contributed by atoms with Crippen molar-refractivity contribution in [1.82, 2.24) is 0 Å². The van der Waals surface area contributed by atoms with E-state index in [1.54, 1.807) is 0 Å². The fraction of sp³-hybridized carbons (Fsp3) is 0.333. The molecular formula is C9H12NO2+. The van der Waals surface area contributed by atoms with Gasteiger partial charge < -0.3 is 0 Å². The number of carbonyl (C=O) groups excluding carboxylic acids is 2. The van der Waals surface area contributed by atoms with Gasteiger partial charge in [0.25, 0.3) is 0 Å². The van der Waals surface area contributed by atoms with Crippen LogP contribution >= 0.6 is 0 Å². The van der Waals surface area contributed by atoms with Crippen molar-refractivity contribution in [3.63, 3.8) is 0 Å². The highest BCUT2D eigenvalue weighted by Gasteiger charge is 2.25. The lowest BCUT2D eigenvalue weighted by atomic mass is 10.1. The van der Waals surface area contributed by atoms with Crippen LogP contribution in [0.1, 0.15) is 0 Å². The van der Waals surface area contributed by atoms with Gasteiger partial charge in [-0.3, -0.25) is 14.1 Å². The number of rotatable bonds is 1. The fourth-order valence-corrected chi connectivity index (χ4v) is 1.02. The van der Waals surface area contributed by atoms with E-state index in [2.05, 4.69) is 0 Å². The van der Waals surface area contributed by atoms with Gasteiger partial charge in [-0.2, -0.15) is 0 Å². The Kier molecular flexibility index (Phi) is 1.98. The molecule has 1 aliphatic carbocycles. The highest BCUT2D eigenvalue weighted by atomic mass is 16.1. The predicted molar refractivity (Wildman–Crippen MR) is 45.3 cm³/mol. The third kappa shape index (κ3) is 1.68. The van der Waals surface area contributed by atoms with Crippen molar-refractivity contribution >= 4 is 11.6 Å². The Labute approximate surface area is 71.6 Å². The summed E-state index contributed by atoms with van der Waals surface area (Å²) in [6, 6.07) is 0. The predicted octanol–water partition coefficient (Wildman–Crippen LogP) is 0.284. The maximum atomic E-state index is 11.3. The van der Waals surface area contributed by atoms with Gasteiger partial charge in [-0.25, -0.2) is 0 Å². The molecule has 0 aromatic heterocycles. The number of allylic oxidation sites excluding steroid dienone is 3. The normalized spacial score (nSPS) is 18.1. The lowest BCUT2D eigenvalue weighted by molar-refractivity contribution is -0.826. The van der Waals surface area contributed by atoms with E-state index in [0.29, 0.717) is 10.2 Å². The van der Waals surface area contributed by atoms with E-state index in [9.17, 15) is 9.59 Å². The van der Waals surface area contributed by atoms with Gasteiger partial charge in [-0.15, -0.1) is 0 Å². The number of nitrogens with zero attached hydrogens (tertiary/aromatic N) is 1. The Balaban J connectivity index is 3.05. The smallest absolute Gasteiger partial charge is 0.239 e. The van der Waals surface area contributed by atoms with Crippen LogP contribution in [0.5, 0.6) is 0 Å². The first-order valence-corrected chi connectivity index (χ1v) is 3.71. The molecule has 0 aromatic rings. The van der Waals surface area contributed by atoms with Crippen LogP contribution in [0.3, 0.4) is 0 Å². The van der Waals surface area contributed by atoms with Gasteiger partial charge in [0, 0.05) is 0 Å². The van der Waals surface area contributed by atoms with E-state index in [1.165, 1.54) is 18.2 Å². The van der Waals surface area contributed by atoms with Crippen LogP contribution in [0.15, 0.2) is 23.9 Å². The van der Waals surface area contributed by atoms with Gasteiger partial charge in [-0.05, 0) is 12.2 Å². The Morgan fingerprint density at radius 1 is 1.08 bits per heavy atom. The van der Waals surface area contributed by atoms with Gasteiger partial charge in [0.05, 0.1) is 27.2 Å². The molecule has 0 saturated carbocycles. The molecule has 3 nitrogen and oxygen atoms in total. The van der Waals surface area contributed by atoms with E-state index in [-0.39, 0.29) is 11.6 Å². The minimum Gasteiger partial charge on any atom is -0.295 e. The monoisotopic (exact) mass is 166 g/mol. The van der Waals surface area contributed by atoms with Crippen molar-refractivity contribution in [2.24, 2.45) is 0 Å². The highest BCUT2D eigenvalue weighted by Crippen LogP contribution is 2.13. The second kappa shape index (κ2) is 2.68. The molecule has 0 radical (unpaired) electrons. The summed E-state index contributed by atoms with van der Waals surface area (Å²) >= 11 is 0. The Hall–Kier alpha value is -1.22. The molecule has 0 bridgehead atoms. The standard InChI is InChI=1S/C9H12NO2/c1-10(2,3)8-6-7(11)4-5-9(8)12/h4-6H,1-3H3/q+1. The molecule has 0 unspecified atom stereocenters. The number of likely N-dealkylation sites (N-methyl/N-ethyl adjacent to an activating group) is 1. The van der Waals surface area contributed by atoms with Crippen molar-refractivity contribution in [3.05, 3.63) is 23.9 Å². The van der Waals surface area contributed by atoms with Gasteiger partial charge in [0.2, 0.25) is 5.78 Å². The van der Waals surface area contributed by atoms with Crippen LogP contribution in [0.25, 0.3) is 0 Å². The minimum absolute atomic E-state index is 0.0814. The number of quaternary nitrogens is 1. The third-order valence-electron chi connectivity index (χ3n) is 1.65. The second-order valence-electron chi connectivity index (χ2n) is 3.64. The molecule has 64 valence electrons. The maximum Gasteiger partial charge on any atom is 0.239 e. The van der Waals surface area contributed by atoms with E-state index >= 15 is 0 Å². The Morgan fingerprint density at radius 3 is 2.08 bits per heavy atom. The van der Waals surface area contributed by atoms with Crippen molar-refractivity contribution < 1.29 is 14.1 Å². The molecule has 0 fully saturated rings. The summed E-state index contributed by atoms with van der Waals surface area (Å²) in [5.41, 5.74) is 0.530. The molecule has 0 saturated heterocycles. The summed E-state index contributed by atoms with van der Waals surface area (Å²) in [6.45, 7) is 0. The summed E-state index contributed by atoms with van der Waals surface area (Å²) < 4.78 is 0.384. The van der Waals surface area contributed by atoms with Crippen molar-refractivity contribution in [1.29, 1.82) is 0 Å². The number of hydrogen-bond acceptors (Lipinski definition) is 2. The number of hydrogen-bond donors (Lipinski definition) is 0. The lowest BCUT2D eigenvalue weighted by Crippen LogP contribution is -2.38. The van der Waals surface area contributed by atoms with E-state index < -0.39 is 0 Å². The molecule has 0 amide bonds. The highest BCUT2D eigenvalue weighted by molar-refractivity contribution is 6.16. The average molecular weight is 166 g/mol. The van der Waals surface area contributed by atoms with Gasteiger partial charge in [0.15, 0.2) is 11.5 Å². The maximum absolute atomic E-state index is 11.3. The van der Waals surface area contributed by atoms with Crippen molar-refractivity contribution in [2.45, 2.75) is 0 Å². The van der Waals surface area contributed by atoms with Crippen LogP contribution in [-0.2, 0) is 9.59 Å². The molecule has 0 heterocycles. The van der Waals surface area contributed by atoms with E-state index in [4.69, 9.17) is 0 Å². The Morgan fingerprint density at radius 2 is 1.67 bits per heavy atom. The summed E-state index contributed by atoms with van der Waals surface area (Å²) in [4.78, 5) is 22.2. The molecule has 0 aromatic carbocycles. The molecule has 1 rings (SSSR count). The molecular weight excluding hydrogens is 154 g/mol. The minimum atomic E-state index is -0.113. The molecule has 1 aliphatic rings. The Bertz CT molecular complexity index is 292. The summed E-state index contributed by atoms with van der Waals surface area (Å²) in [7, 11) is 5.57. The van der Waals surface area contributed by atoms with Crippen LogP contribution in [-0.4, -0.2) is 37.2 Å². The van der Waals surface area contributed by atoms with E-state index in [0.717, 1.165) is 0 Å². The molecule has 0 N–H and O–H groups in total. The third-order valence-corrected chi connectivity index (χ3v) is 1.65. The zero-order chi connectivity index (χ0) is 9.35. The fourth-order valence-electron chi connectivity index (χ4n) is 1.02. The van der Waals surface area contributed by atoms with Gasteiger partial charge in [0.1, 0.15) is 0 Å². The zero-order valence-corrected chi connectivity index (χ0v) is 7.50. The van der Waals surface area contributed by atoms with Crippen LogP contribution in [0, 0.1) is 0 Å². The molecule has 0 atom stereocenters. The van der Waals surface area contributed by atoms with Gasteiger partial charge >= 0.3 is 0 Å². The van der Waals surface area contributed by atoms with Gasteiger partial charge in [-0.1, -0.05) is 0 Å². The topological polar surface area (TPSA) is 34.1 Å². The van der Waals surface area contributed by atoms with Crippen LogP contribution in [0.2, 0.25) is 0 Å². The average Bonchev–Trinajstić information content (AvgIpc) is 1.92. The first-order valence-electron chi connectivity index (χ1n) is 3.71. The molecule has 0 aliphatic heterocycles. The summed E-state index contributed by atoms with van der Waals surface area (Å²) in [5, 5.41) is 0. The number of carbonyl (C=O) groups is 2. The SMILES string of the molecule is C[N+](C)(C)C1=CC(=O)C=CC1=O. The second-order valence-corrected chi connectivity index (χ2v) is 3.64. The summed E-state index contributed by atoms with van der Waals surface area (Å²) in [6.07, 6.45) is 4.00. The molecule has 3 heteroatoms. The van der Waals surface area contributed by atoms with Crippen molar-refractivity contribution in [3.8, 4) is 0 Å². The number of ketones is 2. The van der Waals surface area contributed by atoms with Crippen LogP contribution in [0.4, 0.5) is 0 Å². The molecule has 12 heavy (non-hydrogen) atoms. The largest absolute Gasteiger partial charge is 0.295 e. The van der Waals surface area contributed by atoms with Crippen molar-refractivity contribution in [2.75, 3.05) is 21.1 Å². The van der Waals surface area contributed by atoms with Crippen LogP contribution < -0.4 is 0 Å². The van der Waals surface area contributed by atoms with E-state index in [1.807, 2.05) is 21.1 Å². The molecule has 0 spiro atoms. The quantitative estimate of drug-likeness (QED) is 0.414.